The van der Waals surface area contributed by atoms with Crippen molar-refractivity contribution in [1.82, 2.24) is 0 Å². The number of aliphatic hydroxyl groups excluding tert-OH is 1. The predicted molar refractivity (Wildman–Crippen MR) is 185 cm³/mol. The van der Waals surface area contributed by atoms with E-state index >= 15 is 0 Å². The number of hydrogen-bond donors (Lipinski definition) is 1. The molecule has 0 aliphatic carbocycles. The van der Waals surface area contributed by atoms with Gasteiger partial charge in [-0.05, 0) is 91.4 Å². The molecule has 45 heavy (non-hydrogen) atoms. The van der Waals surface area contributed by atoms with Crippen LogP contribution in [0.3, 0.4) is 0 Å². The molecule has 6 nitrogen and oxygen atoms in total. The summed E-state index contributed by atoms with van der Waals surface area (Å²) in [7, 11) is 0. The first-order chi connectivity index (χ1) is 22.2. The summed E-state index contributed by atoms with van der Waals surface area (Å²) in [6.07, 6.45) is 3.41. The Hall–Kier alpha value is -3.40. The molecule has 0 amide bonds. The van der Waals surface area contributed by atoms with Crippen LogP contribution in [0.15, 0.2) is 102 Å². The molecule has 0 saturated heterocycles. The van der Waals surface area contributed by atoms with Gasteiger partial charge >= 0.3 is 0 Å². The van der Waals surface area contributed by atoms with Gasteiger partial charge in [-0.2, -0.15) is 0 Å². The molecular formula is C37H39BrO6S. The van der Waals surface area contributed by atoms with Gasteiger partial charge in [0.2, 0.25) is 0 Å². The van der Waals surface area contributed by atoms with Crippen molar-refractivity contribution in [2.24, 2.45) is 0 Å². The van der Waals surface area contributed by atoms with Gasteiger partial charge in [-0.1, -0.05) is 58.4 Å². The molecule has 0 unspecified atom stereocenters. The van der Waals surface area contributed by atoms with E-state index in [1.54, 1.807) is 11.3 Å². The number of benzene rings is 4. The molecule has 1 aromatic heterocycles. The van der Waals surface area contributed by atoms with Crippen LogP contribution in [0.1, 0.15) is 31.2 Å². The van der Waals surface area contributed by atoms with Gasteiger partial charge in [0.25, 0.3) is 0 Å². The van der Waals surface area contributed by atoms with E-state index in [-0.39, 0.29) is 6.61 Å². The smallest absolute Gasteiger partial charge is 0.153 e. The number of halogens is 1. The molecule has 236 valence electrons. The highest BCUT2D eigenvalue weighted by molar-refractivity contribution is 9.10. The third kappa shape index (κ3) is 10.3. The molecule has 5 aromatic rings. The minimum atomic E-state index is 0.171. The number of aliphatic hydroxyl groups is 1. The van der Waals surface area contributed by atoms with E-state index in [1.807, 2.05) is 60.7 Å². The molecular weight excluding hydrogens is 652 g/mol. The van der Waals surface area contributed by atoms with Crippen LogP contribution in [0.4, 0.5) is 0 Å². The number of ether oxygens (including phenoxy) is 5. The fraction of sp³-hybridized carbons (Fsp3) is 0.297. The molecule has 0 bridgehead atoms. The highest BCUT2D eigenvalue weighted by Crippen LogP contribution is 2.47. The van der Waals surface area contributed by atoms with E-state index < -0.39 is 0 Å². The van der Waals surface area contributed by atoms with E-state index in [1.165, 1.54) is 0 Å². The van der Waals surface area contributed by atoms with E-state index in [0.717, 1.165) is 72.8 Å². The quantitative estimate of drug-likeness (QED) is 0.0871. The average molecular weight is 692 g/mol. The van der Waals surface area contributed by atoms with Crippen molar-refractivity contribution < 1.29 is 28.8 Å². The van der Waals surface area contributed by atoms with Crippen LogP contribution in [0, 0.1) is 0 Å². The summed E-state index contributed by atoms with van der Waals surface area (Å²) in [4.78, 5) is 1.06. The predicted octanol–water partition coefficient (Wildman–Crippen LogP) is 9.67. The minimum absolute atomic E-state index is 0.171. The first-order valence-corrected chi connectivity index (χ1v) is 17.0. The minimum Gasteiger partial charge on any atom is -0.494 e. The van der Waals surface area contributed by atoms with Crippen molar-refractivity contribution in [2.75, 3.05) is 39.6 Å². The van der Waals surface area contributed by atoms with Gasteiger partial charge in [-0.15, -0.1) is 11.3 Å². The topological polar surface area (TPSA) is 66.4 Å². The Balaban J connectivity index is 1.16. The number of rotatable bonds is 19. The monoisotopic (exact) mass is 690 g/mol. The average Bonchev–Trinajstić information content (AvgIpc) is 3.43. The van der Waals surface area contributed by atoms with Gasteiger partial charge in [0.15, 0.2) is 5.75 Å². The number of hydrogen-bond acceptors (Lipinski definition) is 7. The Kier molecular flexibility index (Phi) is 13.1. The molecule has 0 spiro atoms. The maximum atomic E-state index is 8.75. The molecule has 0 radical (unpaired) electrons. The fourth-order valence-electron chi connectivity index (χ4n) is 4.63. The van der Waals surface area contributed by atoms with Crippen molar-refractivity contribution in [2.45, 2.75) is 32.3 Å². The van der Waals surface area contributed by atoms with Gasteiger partial charge in [0, 0.05) is 47.6 Å². The van der Waals surface area contributed by atoms with Crippen molar-refractivity contribution in [3.8, 4) is 33.4 Å². The van der Waals surface area contributed by atoms with Gasteiger partial charge < -0.3 is 28.8 Å². The van der Waals surface area contributed by atoms with E-state index in [9.17, 15) is 0 Å². The molecule has 0 aliphatic heterocycles. The molecule has 5 rings (SSSR count). The van der Waals surface area contributed by atoms with Crippen molar-refractivity contribution >= 4 is 37.4 Å². The SMILES string of the molecule is OCCCOCCCOCCCCOc1ccc(Oc2c(-c3ccc(Br)cc3)sc3cc(OCc4ccccc4)ccc23)cc1. The van der Waals surface area contributed by atoms with Crippen LogP contribution >= 0.6 is 27.3 Å². The first kappa shape index (κ1) is 33.0. The lowest BCUT2D eigenvalue weighted by molar-refractivity contribution is 0.0740. The first-order valence-electron chi connectivity index (χ1n) is 15.4. The van der Waals surface area contributed by atoms with Crippen molar-refractivity contribution in [3.63, 3.8) is 0 Å². The van der Waals surface area contributed by atoms with Gasteiger partial charge in [-0.25, -0.2) is 0 Å². The maximum Gasteiger partial charge on any atom is 0.153 e. The lowest BCUT2D eigenvalue weighted by atomic mass is 10.1. The summed E-state index contributed by atoms with van der Waals surface area (Å²) in [5.41, 5.74) is 2.23. The maximum absolute atomic E-state index is 8.75. The normalized spacial score (nSPS) is 11.2. The Morgan fingerprint density at radius 1 is 0.622 bits per heavy atom. The summed E-state index contributed by atoms with van der Waals surface area (Å²) in [5.74, 6) is 3.22. The molecule has 1 N–H and O–H groups in total. The second-order valence-electron chi connectivity index (χ2n) is 10.5. The number of thiophene rings is 1. The molecule has 4 aromatic carbocycles. The molecule has 0 saturated carbocycles. The van der Waals surface area contributed by atoms with E-state index in [4.69, 9.17) is 28.8 Å². The highest BCUT2D eigenvalue weighted by Gasteiger charge is 2.17. The van der Waals surface area contributed by atoms with Gasteiger partial charge in [-0.3, -0.25) is 0 Å². The summed E-state index contributed by atoms with van der Waals surface area (Å²) < 4.78 is 31.8. The number of unbranched alkanes of at least 4 members (excludes halogenated alkanes) is 1. The third-order valence-electron chi connectivity index (χ3n) is 6.99. The molecule has 8 heteroatoms. The Morgan fingerprint density at radius 2 is 1.29 bits per heavy atom. The molecule has 0 aliphatic rings. The highest BCUT2D eigenvalue weighted by atomic mass is 79.9. The van der Waals surface area contributed by atoms with Crippen LogP contribution in [0.5, 0.6) is 23.0 Å². The largest absolute Gasteiger partial charge is 0.494 e. The zero-order chi connectivity index (χ0) is 31.1. The van der Waals surface area contributed by atoms with Gasteiger partial charge in [0.1, 0.15) is 23.9 Å². The fourth-order valence-corrected chi connectivity index (χ4v) is 6.06. The zero-order valence-corrected chi connectivity index (χ0v) is 27.7. The summed E-state index contributed by atoms with van der Waals surface area (Å²) in [5, 5.41) is 9.79. The Bertz CT molecular complexity index is 1570. The molecule has 0 atom stereocenters. The van der Waals surface area contributed by atoms with Crippen LogP contribution in [-0.4, -0.2) is 44.7 Å². The van der Waals surface area contributed by atoms with E-state index in [2.05, 4.69) is 52.3 Å². The van der Waals surface area contributed by atoms with Crippen LogP contribution in [-0.2, 0) is 16.1 Å². The molecule has 0 fully saturated rings. The number of fused-ring (bicyclic) bond motifs is 1. The Morgan fingerprint density at radius 3 is 2.04 bits per heavy atom. The standard InChI is InChI=1S/C37H39BrO6S/c38-30-12-10-29(11-13-30)37-36(34-19-18-33(26-35(34)45-37)43-27-28-8-2-1-3-9-28)44-32-16-14-31(15-17-32)42-25-5-4-21-40-23-7-24-41-22-6-20-39/h1-3,8-19,26,39H,4-7,20-25,27H2. The van der Waals surface area contributed by atoms with Gasteiger partial charge in [0.05, 0.1) is 11.5 Å². The summed E-state index contributed by atoms with van der Waals surface area (Å²) >= 11 is 5.25. The van der Waals surface area contributed by atoms with Crippen LogP contribution in [0.25, 0.3) is 20.5 Å². The van der Waals surface area contributed by atoms with Crippen molar-refractivity contribution in [1.29, 1.82) is 0 Å². The summed E-state index contributed by atoms with van der Waals surface area (Å²) in [6.45, 7) is 3.99. The zero-order valence-electron chi connectivity index (χ0n) is 25.3. The third-order valence-corrected chi connectivity index (χ3v) is 8.70. The lowest BCUT2D eigenvalue weighted by Gasteiger charge is -2.11. The molecule has 1 heterocycles. The van der Waals surface area contributed by atoms with Crippen molar-refractivity contribution in [3.05, 3.63) is 107 Å². The second kappa shape index (κ2) is 17.9. The Labute approximate surface area is 277 Å². The lowest BCUT2D eigenvalue weighted by Crippen LogP contribution is -2.05. The van der Waals surface area contributed by atoms with E-state index in [0.29, 0.717) is 46.1 Å². The second-order valence-corrected chi connectivity index (χ2v) is 12.5. The van der Waals surface area contributed by atoms with Crippen LogP contribution < -0.4 is 14.2 Å². The summed E-state index contributed by atoms with van der Waals surface area (Å²) in [6, 6.07) is 32.5. The van der Waals surface area contributed by atoms with Crippen LogP contribution in [0.2, 0.25) is 0 Å².